The smallest absolute Gasteiger partial charge is 0.246 e. The van der Waals surface area contributed by atoms with E-state index in [9.17, 15) is 4.79 Å². The SMILES string of the molecule is CC(C)OCC(=O)NCCN1CCCCC1. The molecule has 1 aliphatic heterocycles. The molecule has 1 saturated heterocycles. The molecule has 1 fully saturated rings. The van der Waals surface area contributed by atoms with Gasteiger partial charge in [0.05, 0.1) is 6.10 Å². The molecule has 0 aliphatic carbocycles. The third-order valence-corrected chi connectivity index (χ3v) is 2.75. The third-order valence-electron chi connectivity index (χ3n) is 2.75. The van der Waals surface area contributed by atoms with Crippen molar-refractivity contribution in [3.05, 3.63) is 0 Å². The highest BCUT2D eigenvalue weighted by Gasteiger charge is 2.09. The molecule has 0 atom stereocenters. The van der Waals surface area contributed by atoms with Crippen LogP contribution < -0.4 is 5.32 Å². The molecule has 1 rings (SSSR count). The standard InChI is InChI=1S/C12H24N2O2/c1-11(2)16-10-12(15)13-6-9-14-7-4-3-5-8-14/h11H,3-10H2,1-2H3,(H,13,15). The molecule has 1 N–H and O–H groups in total. The zero-order chi connectivity index (χ0) is 11.8. The van der Waals surface area contributed by atoms with E-state index in [0.29, 0.717) is 0 Å². The van der Waals surface area contributed by atoms with Gasteiger partial charge >= 0.3 is 0 Å². The Kier molecular flexibility index (Phi) is 6.42. The Morgan fingerprint density at radius 1 is 1.31 bits per heavy atom. The van der Waals surface area contributed by atoms with Crippen LogP contribution in [0.1, 0.15) is 33.1 Å². The fourth-order valence-electron chi connectivity index (χ4n) is 1.83. The van der Waals surface area contributed by atoms with E-state index in [4.69, 9.17) is 4.74 Å². The van der Waals surface area contributed by atoms with Crippen LogP contribution in [-0.4, -0.2) is 49.7 Å². The van der Waals surface area contributed by atoms with Gasteiger partial charge in [-0.2, -0.15) is 0 Å². The zero-order valence-electron chi connectivity index (χ0n) is 10.5. The second-order valence-electron chi connectivity index (χ2n) is 4.61. The predicted octanol–water partition coefficient (Wildman–Crippen LogP) is 1.01. The summed E-state index contributed by atoms with van der Waals surface area (Å²) in [6.07, 6.45) is 4.06. The van der Waals surface area contributed by atoms with E-state index in [2.05, 4.69) is 10.2 Å². The lowest BCUT2D eigenvalue weighted by atomic mass is 10.1. The summed E-state index contributed by atoms with van der Waals surface area (Å²) in [6, 6.07) is 0. The Morgan fingerprint density at radius 2 is 2.00 bits per heavy atom. The second-order valence-corrected chi connectivity index (χ2v) is 4.61. The molecule has 0 spiro atoms. The fourth-order valence-corrected chi connectivity index (χ4v) is 1.83. The van der Waals surface area contributed by atoms with Gasteiger partial charge in [0, 0.05) is 13.1 Å². The molecule has 0 bridgehead atoms. The first kappa shape index (κ1) is 13.5. The van der Waals surface area contributed by atoms with E-state index in [0.717, 1.165) is 13.1 Å². The van der Waals surface area contributed by atoms with Crippen molar-refractivity contribution in [2.24, 2.45) is 0 Å². The molecule has 0 aromatic heterocycles. The molecule has 94 valence electrons. The Balaban J connectivity index is 1.99. The predicted molar refractivity (Wildman–Crippen MR) is 64.4 cm³/mol. The summed E-state index contributed by atoms with van der Waals surface area (Å²) in [5.74, 6) is -0.00860. The number of amides is 1. The van der Waals surface area contributed by atoms with Crippen molar-refractivity contribution in [1.29, 1.82) is 0 Å². The largest absolute Gasteiger partial charge is 0.369 e. The number of piperidine rings is 1. The molecule has 1 amide bonds. The lowest BCUT2D eigenvalue weighted by Gasteiger charge is -2.26. The maximum absolute atomic E-state index is 11.3. The summed E-state index contributed by atoms with van der Waals surface area (Å²) in [7, 11) is 0. The van der Waals surface area contributed by atoms with Crippen LogP contribution in [0.3, 0.4) is 0 Å². The van der Waals surface area contributed by atoms with Crippen LogP contribution in [0.5, 0.6) is 0 Å². The first-order chi connectivity index (χ1) is 7.68. The molecule has 1 heterocycles. The molecule has 0 aromatic carbocycles. The Bertz CT molecular complexity index is 201. The van der Waals surface area contributed by atoms with Crippen LogP contribution >= 0.6 is 0 Å². The monoisotopic (exact) mass is 228 g/mol. The van der Waals surface area contributed by atoms with Gasteiger partial charge in [-0.25, -0.2) is 0 Å². The molecule has 4 heteroatoms. The third kappa shape index (κ3) is 6.08. The van der Waals surface area contributed by atoms with Gasteiger partial charge in [0.1, 0.15) is 6.61 Å². The molecular weight excluding hydrogens is 204 g/mol. The van der Waals surface area contributed by atoms with Gasteiger partial charge in [-0.1, -0.05) is 6.42 Å². The maximum atomic E-state index is 11.3. The number of ether oxygens (including phenoxy) is 1. The number of hydrogen-bond acceptors (Lipinski definition) is 3. The van der Waals surface area contributed by atoms with Gasteiger partial charge in [0.15, 0.2) is 0 Å². The van der Waals surface area contributed by atoms with Crippen molar-refractivity contribution >= 4 is 5.91 Å². The molecule has 0 saturated carbocycles. The first-order valence-electron chi connectivity index (χ1n) is 6.29. The minimum absolute atomic E-state index is 0.00860. The van der Waals surface area contributed by atoms with Crippen molar-refractivity contribution in [3.8, 4) is 0 Å². The molecule has 0 aromatic rings. The van der Waals surface area contributed by atoms with Gasteiger partial charge in [-0.15, -0.1) is 0 Å². The summed E-state index contributed by atoms with van der Waals surface area (Å²) >= 11 is 0. The lowest BCUT2D eigenvalue weighted by molar-refractivity contribution is -0.127. The minimum Gasteiger partial charge on any atom is -0.369 e. The number of rotatable bonds is 6. The van der Waals surface area contributed by atoms with Crippen molar-refractivity contribution in [3.63, 3.8) is 0 Å². The molecule has 16 heavy (non-hydrogen) atoms. The van der Waals surface area contributed by atoms with Crippen LogP contribution in [0.25, 0.3) is 0 Å². The summed E-state index contributed by atoms with van der Waals surface area (Å²) < 4.78 is 5.22. The number of hydrogen-bond donors (Lipinski definition) is 1. The average molecular weight is 228 g/mol. The molecule has 0 unspecified atom stereocenters. The topological polar surface area (TPSA) is 41.6 Å². The Morgan fingerprint density at radius 3 is 2.62 bits per heavy atom. The maximum Gasteiger partial charge on any atom is 0.246 e. The Labute approximate surface area is 98.3 Å². The van der Waals surface area contributed by atoms with Crippen molar-refractivity contribution in [1.82, 2.24) is 10.2 Å². The fraction of sp³-hybridized carbons (Fsp3) is 0.917. The van der Waals surface area contributed by atoms with E-state index in [1.807, 2.05) is 13.8 Å². The Hall–Kier alpha value is -0.610. The van der Waals surface area contributed by atoms with Gasteiger partial charge in [0.25, 0.3) is 0 Å². The highest BCUT2D eigenvalue weighted by Crippen LogP contribution is 2.07. The minimum atomic E-state index is -0.00860. The highest BCUT2D eigenvalue weighted by molar-refractivity contribution is 5.77. The van der Waals surface area contributed by atoms with E-state index in [-0.39, 0.29) is 18.6 Å². The highest BCUT2D eigenvalue weighted by atomic mass is 16.5. The van der Waals surface area contributed by atoms with E-state index in [1.165, 1.54) is 32.4 Å². The van der Waals surface area contributed by atoms with Gasteiger partial charge in [0.2, 0.25) is 5.91 Å². The van der Waals surface area contributed by atoms with Gasteiger partial charge in [-0.05, 0) is 39.8 Å². The summed E-state index contributed by atoms with van der Waals surface area (Å²) in [5.41, 5.74) is 0. The van der Waals surface area contributed by atoms with Crippen molar-refractivity contribution in [2.75, 3.05) is 32.8 Å². The second kappa shape index (κ2) is 7.63. The van der Waals surface area contributed by atoms with Crippen molar-refractivity contribution in [2.45, 2.75) is 39.2 Å². The van der Waals surface area contributed by atoms with E-state index in [1.54, 1.807) is 0 Å². The van der Waals surface area contributed by atoms with Gasteiger partial charge in [-0.3, -0.25) is 4.79 Å². The average Bonchev–Trinajstić information content (AvgIpc) is 2.28. The molecule has 0 radical (unpaired) electrons. The van der Waals surface area contributed by atoms with E-state index >= 15 is 0 Å². The number of nitrogens with zero attached hydrogens (tertiary/aromatic N) is 1. The summed E-state index contributed by atoms with van der Waals surface area (Å²) in [5, 5.41) is 2.88. The molecule has 1 aliphatic rings. The number of carbonyl (C=O) groups is 1. The van der Waals surface area contributed by atoms with Crippen LogP contribution in [0.15, 0.2) is 0 Å². The quantitative estimate of drug-likeness (QED) is 0.738. The number of nitrogens with one attached hydrogen (secondary N) is 1. The van der Waals surface area contributed by atoms with E-state index < -0.39 is 0 Å². The van der Waals surface area contributed by atoms with Crippen LogP contribution in [-0.2, 0) is 9.53 Å². The van der Waals surface area contributed by atoms with Crippen LogP contribution in [0.2, 0.25) is 0 Å². The lowest BCUT2D eigenvalue weighted by Crippen LogP contribution is -2.38. The molecule has 4 nitrogen and oxygen atoms in total. The van der Waals surface area contributed by atoms with Crippen LogP contribution in [0.4, 0.5) is 0 Å². The summed E-state index contributed by atoms with van der Waals surface area (Å²) in [6.45, 7) is 8.10. The summed E-state index contributed by atoms with van der Waals surface area (Å²) in [4.78, 5) is 13.7. The normalized spacial score (nSPS) is 17.7. The molecular formula is C12H24N2O2. The first-order valence-corrected chi connectivity index (χ1v) is 6.29. The zero-order valence-corrected chi connectivity index (χ0v) is 10.5. The van der Waals surface area contributed by atoms with Gasteiger partial charge < -0.3 is 15.0 Å². The van der Waals surface area contributed by atoms with Crippen molar-refractivity contribution < 1.29 is 9.53 Å². The number of carbonyl (C=O) groups excluding carboxylic acids is 1. The van der Waals surface area contributed by atoms with Crippen LogP contribution in [0, 0.1) is 0 Å². The number of likely N-dealkylation sites (tertiary alicyclic amines) is 1.